The maximum Gasteiger partial charge on any atom is 0.230 e. The predicted molar refractivity (Wildman–Crippen MR) is 103 cm³/mol. The third kappa shape index (κ3) is 4.97. The maximum absolute atomic E-state index is 13.1. The number of carbonyl (C=O) groups excluding carboxylic acids is 1. The van der Waals surface area contributed by atoms with Gasteiger partial charge in [-0.05, 0) is 55.8 Å². The van der Waals surface area contributed by atoms with Gasteiger partial charge in [-0.25, -0.2) is 0 Å². The van der Waals surface area contributed by atoms with Crippen LogP contribution in [0.25, 0.3) is 0 Å². The van der Waals surface area contributed by atoms with Crippen molar-refractivity contribution in [2.45, 2.75) is 19.4 Å². The molecule has 0 aliphatic carbocycles. The van der Waals surface area contributed by atoms with Crippen LogP contribution in [0, 0.1) is 5.92 Å². The summed E-state index contributed by atoms with van der Waals surface area (Å²) in [7, 11) is 1.65. The first kappa shape index (κ1) is 19.3. The Bertz CT molecular complexity index is 655. The Kier molecular flexibility index (Phi) is 7.29. The van der Waals surface area contributed by atoms with Gasteiger partial charge in [0.2, 0.25) is 5.91 Å². The van der Waals surface area contributed by atoms with E-state index >= 15 is 0 Å². The van der Waals surface area contributed by atoms with Crippen LogP contribution in [0.4, 0.5) is 5.69 Å². The molecule has 134 valence electrons. The highest BCUT2D eigenvalue weighted by atomic mass is 35.5. The first-order chi connectivity index (χ1) is 11.8. The third-order valence-electron chi connectivity index (χ3n) is 4.52. The molecule has 25 heavy (non-hydrogen) atoms. The normalized spacial score (nSPS) is 14.4. The van der Waals surface area contributed by atoms with Crippen LogP contribution in [0.5, 0.6) is 5.75 Å². The number of halogens is 1. The van der Waals surface area contributed by atoms with Gasteiger partial charge in [-0.3, -0.25) is 4.79 Å². The maximum atomic E-state index is 13.1. The van der Waals surface area contributed by atoms with Gasteiger partial charge in [0.1, 0.15) is 5.75 Å². The van der Waals surface area contributed by atoms with Crippen molar-refractivity contribution in [2.75, 3.05) is 25.1 Å². The van der Waals surface area contributed by atoms with Crippen molar-refractivity contribution >= 4 is 24.0 Å². The molecular weight excluding hydrogens is 336 g/mol. The van der Waals surface area contributed by atoms with Crippen molar-refractivity contribution in [2.24, 2.45) is 5.92 Å². The Balaban J connectivity index is 0.00000225. The summed E-state index contributed by atoms with van der Waals surface area (Å²) in [6.45, 7) is 2.42. The Morgan fingerprint density at radius 1 is 1.08 bits per heavy atom. The van der Waals surface area contributed by atoms with Crippen molar-refractivity contribution in [3.05, 3.63) is 60.2 Å². The quantitative estimate of drug-likeness (QED) is 0.884. The molecule has 1 aliphatic heterocycles. The average Bonchev–Trinajstić information content (AvgIpc) is 2.67. The number of anilines is 1. The second-order valence-corrected chi connectivity index (χ2v) is 6.13. The number of ether oxygens (including phenoxy) is 1. The van der Waals surface area contributed by atoms with E-state index in [-0.39, 0.29) is 24.2 Å². The number of benzene rings is 2. The minimum absolute atomic E-state index is 0. The molecule has 2 aromatic carbocycles. The van der Waals surface area contributed by atoms with Crippen molar-refractivity contribution in [1.29, 1.82) is 0 Å². The van der Waals surface area contributed by atoms with E-state index in [1.165, 1.54) is 0 Å². The van der Waals surface area contributed by atoms with Crippen LogP contribution >= 0.6 is 12.4 Å². The van der Waals surface area contributed by atoms with E-state index in [2.05, 4.69) is 17.4 Å². The third-order valence-corrected chi connectivity index (χ3v) is 4.52. The second-order valence-electron chi connectivity index (χ2n) is 6.13. The molecule has 1 aliphatic rings. The number of nitrogens with zero attached hydrogens (tertiary/aromatic N) is 1. The lowest BCUT2D eigenvalue weighted by molar-refractivity contribution is -0.123. The van der Waals surface area contributed by atoms with E-state index in [0.717, 1.165) is 42.9 Å². The van der Waals surface area contributed by atoms with Gasteiger partial charge in [-0.1, -0.05) is 30.3 Å². The van der Waals surface area contributed by atoms with E-state index in [4.69, 9.17) is 4.74 Å². The van der Waals surface area contributed by atoms with E-state index in [9.17, 15) is 4.79 Å². The summed E-state index contributed by atoms with van der Waals surface area (Å²) in [4.78, 5) is 15.0. The topological polar surface area (TPSA) is 41.6 Å². The van der Waals surface area contributed by atoms with Gasteiger partial charge in [0.15, 0.2) is 0 Å². The van der Waals surface area contributed by atoms with Gasteiger partial charge in [0.25, 0.3) is 0 Å². The van der Waals surface area contributed by atoms with E-state index in [0.29, 0.717) is 6.54 Å². The number of hydrogen-bond acceptors (Lipinski definition) is 3. The molecule has 0 unspecified atom stereocenters. The molecule has 0 saturated carbocycles. The molecule has 0 radical (unpaired) electrons. The molecule has 1 N–H and O–H groups in total. The molecule has 1 saturated heterocycles. The van der Waals surface area contributed by atoms with E-state index in [1.807, 2.05) is 47.4 Å². The smallest absolute Gasteiger partial charge is 0.230 e. The van der Waals surface area contributed by atoms with Crippen molar-refractivity contribution in [3.8, 4) is 5.75 Å². The van der Waals surface area contributed by atoms with Crippen molar-refractivity contribution in [1.82, 2.24) is 5.32 Å². The van der Waals surface area contributed by atoms with Gasteiger partial charge in [0, 0.05) is 11.6 Å². The minimum Gasteiger partial charge on any atom is -0.497 e. The molecule has 1 fully saturated rings. The summed E-state index contributed by atoms with van der Waals surface area (Å²) >= 11 is 0. The van der Waals surface area contributed by atoms with Gasteiger partial charge >= 0.3 is 0 Å². The van der Waals surface area contributed by atoms with E-state index < -0.39 is 0 Å². The van der Waals surface area contributed by atoms with Crippen molar-refractivity contribution < 1.29 is 9.53 Å². The highest BCUT2D eigenvalue weighted by molar-refractivity contribution is 5.95. The van der Waals surface area contributed by atoms with Gasteiger partial charge in [-0.2, -0.15) is 0 Å². The largest absolute Gasteiger partial charge is 0.497 e. The summed E-state index contributed by atoms with van der Waals surface area (Å²) in [6, 6.07) is 17.9. The summed E-state index contributed by atoms with van der Waals surface area (Å²) < 4.78 is 5.23. The molecule has 5 heteroatoms. The molecule has 1 heterocycles. The molecule has 1 amide bonds. The first-order valence-electron chi connectivity index (χ1n) is 8.48. The van der Waals surface area contributed by atoms with Crippen LogP contribution in [-0.2, 0) is 11.3 Å². The Labute approximate surface area is 155 Å². The molecule has 3 rings (SSSR count). The highest BCUT2D eigenvalue weighted by Crippen LogP contribution is 2.25. The number of carbonyl (C=O) groups is 1. The average molecular weight is 361 g/mol. The van der Waals surface area contributed by atoms with Gasteiger partial charge in [-0.15, -0.1) is 12.4 Å². The summed E-state index contributed by atoms with van der Waals surface area (Å²) in [5, 5.41) is 3.33. The fraction of sp³-hybridized carbons (Fsp3) is 0.350. The zero-order chi connectivity index (χ0) is 16.8. The molecule has 0 spiro atoms. The SMILES string of the molecule is COc1ccc(N(Cc2ccccc2)C(=O)C2CCNCC2)cc1.Cl. The van der Waals surface area contributed by atoms with Crippen LogP contribution in [0.2, 0.25) is 0 Å². The molecular formula is C20H25ClN2O2. The zero-order valence-corrected chi connectivity index (χ0v) is 15.3. The number of methoxy groups -OCH3 is 1. The molecule has 2 aromatic rings. The van der Waals surface area contributed by atoms with Gasteiger partial charge < -0.3 is 15.0 Å². The summed E-state index contributed by atoms with van der Waals surface area (Å²) in [5.41, 5.74) is 2.05. The predicted octanol–water partition coefficient (Wildman–Crippen LogP) is 3.65. The molecule has 4 nitrogen and oxygen atoms in total. The first-order valence-corrected chi connectivity index (χ1v) is 8.48. The Hall–Kier alpha value is -2.04. The van der Waals surface area contributed by atoms with Crippen LogP contribution in [0.3, 0.4) is 0 Å². The van der Waals surface area contributed by atoms with Crippen molar-refractivity contribution in [3.63, 3.8) is 0 Å². The number of rotatable bonds is 5. The molecule has 0 bridgehead atoms. The summed E-state index contributed by atoms with van der Waals surface area (Å²) in [6.07, 6.45) is 1.81. The highest BCUT2D eigenvalue weighted by Gasteiger charge is 2.27. The lowest BCUT2D eigenvalue weighted by Gasteiger charge is -2.30. The lowest BCUT2D eigenvalue weighted by atomic mass is 9.96. The van der Waals surface area contributed by atoms with E-state index in [1.54, 1.807) is 7.11 Å². The number of amides is 1. The van der Waals surface area contributed by atoms with Crippen LogP contribution < -0.4 is 15.0 Å². The van der Waals surface area contributed by atoms with Crippen LogP contribution in [0.1, 0.15) is 18.4 Å². The fourth-order valence-corrected chi connectivity index (χ4v) is 3.11. The summed E-state index contributed by atoms with van der Waals surface area (Å²) in [5.74, 6) is 1.11. The lowest BCUT2D eigenvalue weighted by Crippen LogP contribution is -2.40. The Morgan fingerprint density at radius 2 is 1.72 bits per heavy atom. The standard InChI is InChI=1S/C20H24N2O2.ClH/c1-24-19-9-7-18(8-10-19)22(15-16-5-3-2-4-6-16)20(23)17-11-13-21-14-12-17;/h2-10,17,21H,11-15H2,1H3;1H. The monoisotopic (exact) mass is 360 g/mol. The molecule has 0 aromatic heterocycles. The minimum atomic E-state index is 0. The number of piperidine rings is 1. The fourth-order valence-electron chi connectivity index (χ4n) is 3.11. The molecule has 0 atom stereocenters. The van der Waals surface area contributed by atoms with Gasteiger partial charge in [0.05, 0.1) is 13.7 Å². The zero-order valence-electron chi connectivity index (χ0n) is 14.5. The number of hydrogen-bond donors (Lipinski definition) is 1. The van der Waals surface area contributed by atoms with Crippen LogP contribution in [-0.4, -0.2) is 26.1 Å². The van der Waals surface area contributed by atoms with Crippen LogP contribution in [0.15, 0.2) is 54.6 Å². The number of nitrogens with one attached hydrogen (secondary N) is 1. The Morgan fingerprint density at radius 3 is 2.32 bits per heavy atom. The second kappa shape index (κ2) is 9.44.